The van der Waals surface area contributed by atoms with Crippen molar-refractivity contribution < 1.29 is 9.47 Å². The van der Waals surface area contributed by atoms with Gasteiger partial charge in [-0.25, -0.2) is 0 Å². The molecule has 31 heavy (non-hydrogen) atoms. The molecule has 1 unspecified atom stereocenters. The molecule has 1 aliphatic rings. The Hall–Kier alpha value is -2.89. The third kappa shape index (κ3) is 6.06. The first kappa shape index (κ1) is 21.3. The van der Waals surface area contributed by atoms with E-state index in [1.165, 1.54) is 0 Å². The molecule has 2 heterocycles. The van der Waals surface area contributed by atoms with Gasteiger partial charge in [-0.2, -0.15) is 0 Å². The van der Waals surface area contributed by atoms with Crippen molar-refractivity contribution >= 4 is 5.69 Å². The number of para-hydroxylation sites is 2. The number of likely N-dealkylation sites (tertiary alicyclic amines) is 1. The average Bonchev–Trinajstić information content (AvgIpc) is 2.83. The predicted molar refractivity (Wildman–Crippen MR) is 124 cm³/mol. The number of nitrogen functional groups attached to an aromatic ring is 1. The molecular weight excluding hydrogens is 386 g/mol. The van der Waals surface area contributed by atoms with E-state index >= 15 is 0 Å². The molecule has 5 heteroatoms. The van der Waals surface area contributed by atoms with Crippen LogP contribution in [0.4, 0.5) is 5.69 Å². The molecule has 0 radical (unpaired) electrons. The second-order valence-electron chi connectivity index (χ2n) is 7.96. The summed E-state index contributed by atoms with van der Waals surface area (Å²) in [5.41, 5.74) is 8.75. The molecule has 0 saturated carbocycles. The molecule has 1 aliphatic heterocycles. The Morgan fingerprint density at radius 2 is 1.68 bits per heavy atom. The minimum Gasteiger partial charge on any atom is -0.491 e. The van der Waals surface area contributed by atoms with Crippen LogP contribution in [0.2, 0.25) is 0 Å². The van der Waals surface area contributed by atoms with Gasteiger partial charge >= 0.3 is 0 Å². The zero-order valence-corrected chi connectivity index (χ0v) is 17.9. The fraction of sp³-hybridized carbons (Fsp3) is 0.346. The van der Waals surface area contributed by atoms with Gasteiger partial charge in [-0.3, -0.25) is 4.98 Å². The highest BCUT2D eigenvalue weighted by atomic mass is 16.5. The van der Waals surface area contributed by atoms with E-state index in [2.05, 4.69) is 34.1 Å². The van der Waals surface area contributed by atoms with Crippen LogP contribution in [-0.2, 0) is 4.74 Å². The summed E-state index contributed by atoms with van der Waals surface area (Å²) in [6, 6.07) is 24.1. The number of aromatic nitrogens is 1. The summed E-state index contributed by atoms with van der Waals surface area (Å²) in [7, 11) is 0. The van der Waals surface area contributed by atoms with Gasteiger partial charge in [0.15, 0.2) is 0 Å². The Morgan fingerprint density at radius 1 is 0.935 bits per heavy atom. The van der Waals surface area contributed by atoms with Crippen molar-refractivity contribution in [2.45, 2.75) is 31.5 Å². The SMILES string of the molecule is Nc1ccccc1OCCCN1CCC(OC(c2ccccc2)c2ccccn2)CC1. The van der Waals surface area contributed by atoms with Gasteiger partial charge in [-0.1, -0.05) is 48.5 Å². The van der Waals surface area contributed by atoms with Crippen molar-refractivity contribution in [3.8, 4) is 5.75 Å². The fourth-order valence-electron chi connectivity index (χ4n) is 4.02. The van der Waals surface area contributed by atoms with Crippen LogP contribution in [0.15, 0.2) is 79.0 Å². The number of hydrogen-bond acceptors (Lipinski definition) is 5. The van der Waals surface area contributed by atoms with E-state index in [-0.39, 0.29) is 12.2 Å². The zero-order chi connectivity index (χ0) is 21.3. The molecule has 3 aromatic rings. The van der Waals surface area contributed by atoms with Crippen LogP contribution in [0.3, 0.4) is 0 Å². The van der Waals surface area contributed by atoms with Gasteiger partial charge in [0.05, 0.1) is 24.1 Å². The maximum absolute atomic E-state index is 6.58. The Morgan fingerprint density at radius 3 is 2.42 bits per heavy atom. The smallest absolute Gasteiger partial charge is 0.142 e. The van der Waals surface area contributed by atoms with E-state index in [0.717, 1.165) is 55.9 Å². The minimum absolute atomic E-state index is 0.122. The normalized spacial score (nSPS) is 16.1. The van der Waals surface area contributed by atoms with Crippen LogP contribution in [-0.4, -0.2) is 42.2 Å². The molecule has 5 nitrogen and oxygen atoms in total. The van der Waals surface area contributed by atoms with Gasteiger partial charge in [0, 0.05) is 25.8 Å². The first-order valence-corrected chi connectivity index (χ1v) is 11.1. The van der Waals surface area contributed by atoms with Crippen LogP contribution in [0.5, 0.6) is 5.75 Å². The minimum atomic E-state index is -0.122. The third-order valence-corrected chi connectivity index (χ3v) is 5.72. The molecule has 0 spiro atoms. The van der Waals surface area contributed by atoms with Crippen LogP contribution in [0.25, 0.3) is 0 Å². The van der Waals surface area contributed by atoms with Crippen LogP contribution >= 0.6 is 0 Å². The second-order valence-corrected chi connectivity index (χ2v) is 7.96. The van der Waals surface area contributed by atoms with Crippen LogP contribution in [0, 0.1) is 0 Å². The van der Waals surface area contributed by atoms with Gasteiger partial charge in [0.25, 0.3) is 0 Å². The van der Waals surface area contributed by atoms with E-state index in [1.54, 1.807) is 0 Å². The van der Waals surface area contributed by atoms with Gasteiger partial charge in [0.2, 0.25) is 0 Å². The quantitative estimate of drug-likeness (QED) is 0.404. The first-order chi connectivity index (χ1) is 15.3. The number of hydrogen-bond donors (Lipinski definition) is 1. The number of nitrogens with zero attached hydrogens (tertiary/aromatic N) is 2. The highest BCUT2D eigenvalue weighted by molar-refractivity contribution is 5.51. The Labute approximate surface area is 184 Å². The van der Waals surface area contributed by atoms with E-state index < -0.39 is 0 Å². The van der Waals surface area contributed by atoms with Crippen molar-refractivity contribution in [2.75, 3.05) is 32.0 Å². The number of ether oxygens (including phenoxy) is 2. The molecule has 0 aliphatic carbocycles. The first-order valence-electron chi connectivity index (χ1n) is 11.1. The van der Waals surface area contributed by atoms with E-state index in [4.69, 9.17) is 15.2 Å². The molecule has 1 fully saturated rings. The standard InChI is InChI=1S/C26H31N3O2/c27-23-11-4-5-13-25(23)30-20-8-17-29-18-14-22(15-19-29)31-26(21-9-2-1-3-10-21)24-12-6-7-16-28-24/h1-7,9-13,16,22,26H,8,14-15,17-20,27H2. The summed E-state index contributed by atoms with van der Waals surface area (Å²) in [5.74, 6) is 0.774. The highest BCUT2D eigenvalue weighted by Gasteiger charge is 2.25. The summed E-state index contributed by atoms with van der Waals surface area (Å²) in [4.78, 5) is 7.05. The molecule has 1 saturated heterocycles. The summed E-state index contributed by atoms with van der Waals surface area (Å²) in [5, 5.41) is 0. The number of rotatable bonds is 9. The largest absolute Gasteiger partial charge is 0.491 e. The van der Waals surface area contributed by atoms with E-state index in [1.807, 2.05) is 54.7 Å². The molecule has 2 aromatic carbocycles. The number of benzene rings is 2. The number of anilines is 1. The molecular formula is C26H31N3O2. The summed E-state index contributed by atoms with van der Waals surface area (Å²) in [6.45, 7) is 3.80. The molecule has 0 amide bonds. The fourth-order valence-corrected chi connectivity index (χ4v) is 4.02. The lowest BCUT2D eigenvalue weighted by molar-refractivity contribution is -0.0288. The number of piperidine rings is 1. The molecule has 2 N–H and O–H groups in total. The van der Waals surface area contributed by atoms with Gasteiger partial charge in [0.1, 0.15) is 11.9 Å². The van der Waals surface area contributed by atoms with Gasteiger partial charge in [-0.15, -0.1) is 0 Å². The van der Waals surface area contributed by atoms with Crippen molar-refractivity contribution in [2.24, 2.45) is 0 Å². The topological polar surface area (TPSA) is 60.6 Å². The third-order valence-electron chi connectivity index (χ3n) is 5.72. The average molecular weight is 418 g/mol. The molecule has 162 valence electrons. The Balaban J connectivity index is 1.24. The second kappa shape index (κ2) is 10.9. The van der Waals surface area contributed by atoms with Gasteiger partial charge in [-0.05, 0) is 49.1 Å². The molecule has 1 aromatic heterocycles. The molecule has 4 rings (SSSR count). The lowest BCUT2D eigenvalue weighted by atomic mass is 10.0. The zero-order valence-electron chi connectivity index (χ0n) is 17.9. The number of nitrogens with two attached hydrogens (primary N) is 1. The lowest BCUT2D eigenvalue weighted by Crippen LogP contribution is -2.38. The predicted octanol–water partition coefficient (Wildman–Crippen LogP) is 4.70. The maximum Gasteiger partial charge on any atom is 0.142 e. The van der Waals surface area contributed by atoms with Gasteiger partial charge < -0.3 is 20.1 Å². The van der Waals surface area contributed by atoms with E-state index in [0.29, 0.717) is 12.3 Å². The summed E-state index contributed by atoms with van der Waals surface area (Å²) >= 11 is 0. The summed E-state index contributed by atoms with van der Waals surface area (Å²) in [6.07, 6.45) is 5.00. The van der Waals surface area contributed by atoms with E-state index in [9.17, 15) is 0 Å². The van der Waals surface area contributed by atoms with Crippen molar-refractivity contribution in [1.82, 2.24) is 9.88 Å². The van der Waals surface area contributed by atoms with Crippen molar-refractivity contribution in [3.05, 3.63) is 90.3 Å². The Kier molecular flexibility index (Phi) is 7.53. The van der Waals surface area contributed by atoms with Crippen LogP contribution in [0.1, 0.15) is 36.6 Å². The lowest BCUT2D eigenvalue weighted by Gasteiger charge is -2.34. The van der Waals surface area contributed by atoms with Crippen molar-refractivity contribution in [1.29, 1.82) is 0 Å². The molecule has 1 atom stereocenters. The number of pyridine rings is 1. The highest BCUT2D eigenvalue weighted by Crippen LogP contribution is 2.29. The van der Waals surface area contributed by atoms with Crippen LogP contribution < -0.4 is 10.5 Å². The Bertz CT molecular complexity index is 873. The maximum atomic E-state index is 6.58. The molecule has 0 bridgehead atoms. The summed E-state index contributed by atoms with van der Waals surface area (Å²) < 4.78 is 12.4. The van der Waals surface area contributed by atoms with Crippen molar-refractivity contribution in [3.63, 3.8) is 0 Å². The monoisotopic (exact) mass is 417 g/mol.